The van der Waals surface area contributed by atoms with Crippen LogP contribution < -0.4 is 10.1 Å². The van der Waals surface area contributed by atoms with Gasteiger partial charge in [-0.2, -0.15) is 0 Å². The van der Waals surface area contributed by atoms with Crippen LogP contribution in [0.4, 0.5) is 5.69 Å². The maximum absolute atomic E-state index is 6.19. The van der Waals surface area contributed by atoms with Crippen molar-refractivity contribution < 1.29 is 4.74 Å². The summed E-state index contributed by atoms with van der Waals surface area (Å²) in [6.45, 7) is 1.15. The van der Waals surface area contributed by atoms with E-state index in [4.69, 9.17) is 27.9 Å². The van der Waals surface area contributed by atoms with E-state index in [1.807, 2.05) is 24.3 Å². The van der Waals surface area contributed by atoms with Gasteiger partial charge >= 0.3 is 0 Å². The lowest BCUT2D eigenvalue weighted by molar-refractivity contribution is 0.306. The first-order chi connectivity index (χ1) is 13.7. The minimum Gasteiger partial charge on any atom is -0.489 e. The van der Waals surface area contributed by atoms with E-state index in [1.54, 1.807) is 6.07 Å². The van der Waals surface area contributed by atoms with Crippen LogP contribution in [0.2, 0.25) is 10.0 Å². The standard InChI is InChI=1S/C24H19Cl2NO/c25-20-11-10-19(23(26)14-20)16-28-21-12-8-17(9-13-21)15-27-24-7-3-5-18-4-1-2-6-22(18)24/h1-14,27H,15-16H2. The van der Waals surface area contributed by atoms with Gasteiger partial charge in [0, 0.05) is 33.2 Å². The molecule has 0 aromatic heterocycles. The van der Waals surface area contributed by atoms with Crippen molar-refractivity contribution in [2.24, 2.45) is 0 Å². The van der Waals surface area contributed by atoms with E-state index in [2.05, 4.69) is 59.9 Å². The molecule has 0 saturated heterocycles. The van der Waals surface area contributed by atoms with Gasteiger partial charge in [-0.1, -0.05) is 77.8 Å². The molecule has 0 saturated carbocycles. The number of rotatable bonds is 6. The third-order valence-electron chi connectivity index (χ3n) is 4.61. The number of halogens is 2. The van der Waals surface area contributed by atoms with Gasteiger partial charge in [-0.25, -0.2) is 0 Å². The Hall–Kier alpha value is -2.68. The molecule has 0 heterocycles. The zero-order valence-electron chi connectivity index (χ0n) is 15.2. The third kappa shape index (κ3) is 4.41. The Morgan fingerprint density at radius 3 is 2.39 bits per heavy atom. The SMILES string of the molecule is Clc1ccc(COc2ccc(CNc3cccc4ccccc34)cc2)c(Cl)c1. The molecule has 4 rings (SSSR count). The van der Waals surface area contributed by atoms with E-state index in [9.17, 15) is 0 Å². The van der Waals surface area contributed by atoms with Crippen LogP contribution in [-0.4, -0.2) is 0 Å². The second kappa shape index (κ2) is 8.55. The Labute approximate surface area is 174 Å². The number of anilines is 1. The Balaban J connectivity index is 1.38. The lowest BCUT2D eigenvalue weighted by atomic mass is 10.1. The average Bonchev–Trinajstić information content (AvgIpc) is 2.72. The first-order valence-electron chi connectivity index (χ1n) is 9.06. The van der Waals surface area contributed by atoms with Crippen molar-refractivity contribution in [2.45, 2.75) is 13.2 Å². The van der Waals surface area contributed by atoms with Crippen molar-refractivity contribution in [1.29, 1.82) is 0 Å². The predicted octanol–water partition coefficient (Wildman–Crippen LogP) is 7.34. The topological polar surface area (TPSA) is 21.3 Å². The lowest BCUT2D eigenvalue weighted by Crippen LogP contribution is -2.00. The maximum Gasteiger partial charge on any atom is 0.119 e. The highest BCUT2D eigenvalue weighted by Crippen LogP contribution is 2.25. The molecule has 28 heavy (non-hydrogen) atoms. The summed E-state index contributed by atoms with van der Waals surface area (Å²) in [5.41, 5.74) is 3.23. The number of ether oxygens (including phenoxy) is 1. The van der Waals surface area contributed by atoms with Gasteiger partial charge in [0.15, 0.2) is 0 Å². The third-order valence-corrected chi connectivity index (χ3v) is 5.19. The van der Waals surface area contributed by atoms with Crippen molar-refractivity contribution in [3.8, 4) is 5.75 Å². The molecule has 4 aromatic rings. The number of hydrogen-bond donors (Lipinski definition) is 1. The largest absolute Gasteiger partial charge is 0.489 e. The van der Waals surface area contributed by atoms with Crippen LogP contribution in [0.5, 0.6) is 5.75 Å². The highest BCUT2D eigenvalue weighted by Gasteiger charge is 2.04. The van der Waals surface area contributed by atoms with Crippen LogP contribution in [0.1, 0.15) is 11.1 Å². The molecular weight excluding hydrogens is 389 g/mol. The molecule has 0 fully saturated rings. The fourth-order valence-electron chi connectivity index (χ4n) is 3.08. The molecule has 0 aliphatic carbocycles. The van der Waals surface area contributed by atoms with Gasteiger partial charge in [-0.05, 0) is 41.3 Å². The Bertz CT molecular complexity index is 1090. The van der Waals surface area contributed by atoms with Gasteiger partial charge in [0.05, 0.1) is 0 Å². The van der Waals surface area contributed by atoms with E-state index in [-0.39, 0.29) is 0 Å². The minimum absolute atomic E-state index is 0.406. The quantitative estimate of drug-likeness (QED) is 0.360. The molecular formula is C24H19Cl2NO. The van der Waals surface area contributed by atoms with Crippen LogP contribution in [0, 0.1) is 0 Å². The van der Waals surface area contributed by atoms with Crippen molar-refractivity contribution in [1.82, 2.24) is 0 Å². The highest BCUT2D eigenvalue weighted by molar-refractivity contribution is 6.35. The van der Waals surface area contributed by atoms with Crippen molar-refractivity contribution in [2.75, 3.05) is 5.32 Å². The zero-order chi connectivity index (χ0) is 19.3. The number of benzene rings is 4. The molecule has 0 unspecified atom stereocenters. The van der Waals surface area contributed by atoms with Crippen LogP contribution in [0.25, 0.3) is 10.8 Å². The van der Waals surface area contributed by atoms with Gasteiger partial charge in [-0.15, -0.1) is 0 Å². The molecule has 0 aliphatic rings. The molecule has 140 valence electrons. The first-order valence-corrected chi connectivity index (χ1v) is 9.82. The van der Waals surface area contributed by atoms with Gasteiger partial charge in [0.1, 0.15) is 12.4 Å². The second-order valence-corrected chi connectivity index (χ2v) is 7.39. The fourth-order valence-corrected chi connectivity index (χ4v) is 3.54. The summed E-state index contributed by atoms with van der Waals surface area (Å²) in [6.07, 6.45) is 0. The van der Waals surface area contributed by atoms with Crippen LogP contribution in [0.3, 0.4) is 0 Å². The molecule has 0 atom stereocenters. The summed E-state index contributed by atoms with van der Waals surface area (Å²) in [5.74, 6) is 0.805. The van der Waals surface area contributed by atoms with Gasteiger partial charge in [-0.3, -0.25) is 0 Å². The smallest absolute Gasteiger partial charge is 0.119 e. The molecule has 4 aromatic carbocycles. The first kappa shape index (κ1) is 18.7. The Morgan fingerprint density at radius 1 is 0.786 bits per heavy atom. The Morgan fingerprint density at radius 2 is 1.57 bits per heavy atom. The van der Waals surface area contributed by atoms with Crippen molar-refractivity contribution in [3.05, 3.63) is 106 Å². The monoisotopic (exact) mass is 407 g/mol. The van der Waals surface area contributed by atoms with E-state index >= 15 is 0 Å². The molecule has 2 nitrogen and oxygen atoms in total. The molecule has 0 spiro atoms. The van der Waals surface area contributed by atoms with Crippen LogP contribution >= 0.6 is 23.2 Å². The second-order valence-electron chi connectivity index (χ2n) is 6.55. The van der Waals surface area contributed by atoms with E-state index in [1.165, 1.54) is 16.3 Å². The minimum atomic E-state index is 0.406. The van der Waals surface area contributed by atoms with Crippen LogP contribution in [0.15, 0.2) is 84.9 Å². The summed E-state index contributed by atoms with van der Waals surface area (Å²) in [5, 5.41) is 7.22. The molecule has 1 N–H and O–H groups in total. The fraction of sp³-hybridized carbons (Fsp3) is 0.0833. The molecule has 0 bridgehead atoms. The van der Waals surface area contributed by atoms with Gasteiger partial charge in [0.25, 0.3) is 0 Å². The maximum atomic E-state index is 6.19. The Kier molecular flexibility index (Phi) is 5.70. The van der Waals surface area contributed by atoms with E-state index in [0.29, 0.717) is 16.7 Å². The summed E-state index contributed by atoms with van der Waals surface area (Å²) in [6, 6.07) is 28.2. The zero-order valence-corrected chi connectivity index (χ0v) is 16.7. The lowest BCUT2D eigenvalue weighted by Gasteiger charge is -2.11. The summed E-state index contributed by atoms with van der Waals surface area (Å²) < 4.78 is 5.84. The average molecular weight is 408 g/mol. The summed E-state index contributed by atoms with van der Waals surface area (Å²) in [7, 11) is 0. The molecule has 4 heteroatoms. The number of nitrogens with one attached hydrogen (secondary N) is 1. The van der Waals surface area contributed by atoms with Crippen LogP contribution in [-0.2, 0) is 13.2 Å². The summed E-state index contributed by atoms with van der Waals surface area (Å²) in [4.78, 5) is 0. The van der Waals surface area contributed by atoms with E-state index in [0.717, 1.165) is 23.5 Å². The molecule has 0 radical (unpaired) electrons. The highest BCUT2D eigenvalue weighted by atomic mass is 35.5. The van der Waals surface area contributed by atoms with Crippen molar-refractivity contribution >= 4 is 39.7 Å². The molecule has 0 aliphatic heterocycles. The van der Waals surface area contributed by atoms with E-state index < -0.39 is 0 Å². The predicted molar refractivity (Wildman–Crippen MR) is 119 cm³/mol. The normalized spacial score (nSPS) is 10.8. The number of fused-ring (bicyclic) bond motifs is 1. The van der Waals surface area contributed by atoms with Crippen molar-refractivity contribution in [3.63, 3.8) is 0 Å². The number of hydrogen-bond acceptors (Lipinski definition) is 2. The van der Waals surface area contributed by atoms with Gasteiger partial charge < -0.3 is 10.1 Å². The molecule has 0 amide bonds. The summed E-state index contributed by atoms with van der Waals surface area (Å²) >= 11 is 12.1. The van der Waals surface area contributed by atoms with Gasteiger partial charge in [0.2, 0.25) is 0 Å².